The molecule has 0 saturated carbocycles. The number of aromatic nitrogens is 1. The SMILES string of the molecule is Cc1ccc(-c2ccccc2)c2sc3ccc(-c4ccc(-c5ccccc5)cn4)cc3c12. The number of aryl methyl sites for hydroxylation is 1. The van der Waals surface area contributed by atoms with Crippen LogP contribution in [0.25, 0.3) is 53.7 Å². The van der Waals surface area contributed by atoms with Gasteiger partial charge in [-0.3, -0.25) is 4.98 Å². The molecule has 0 aliphatic carbocycles. The van der Waals surface area contributed by atoms with E-state index in [0.717, 1.165) is 16.8 Å². The van der Waals surface area contributed by atoms with Gasteiger partial charge in [-0.05, 0) is 47.4 Å². The van der Waals surface area contributed by atoms with Crippen molar-refractivity contribution in [3.63, 3.8) is 0 Å². The molecule has 2 heterocycles. The largest absolute Gasteiger partial charge is 0.256 e. The molecule has 0 aliphatic heterocycles. The van der Waals surface area contributed by atoms with Crippen LogP contribution in [0.4, 0.5) is 0 Å². The third-order valence-electron chi connectivity index (χ3n) is 6.08. The lowest BCUT2D eigenvalue weighted by Crippen LogP contribution is -1.85. The fourth-order valence-electron chi connectivity index (χ4n) is 4.42. The van der Waals surface area contributed by atoms with Gasteiger partial charge < -0.3 is 0 Å². The number of rotatable bonds is 3. The van der Waals surface area contributed by atoms with Gasteiger partial charge in [0.15, 0.2) is 0 Å². The first-order valence-corrected chi connectivity index (χ1v) is 11.6. The molecule has 0 radical (unpaired) electrons. The zero-order chi connectivity index (χ0) is 21.5. The van der Waals surface area contributed by atoms with Gasteiger partial charge >= 0.3 is 0 Å². The Labute approximate surface area is 191 Å². The van der Waals surface area contributed by atoms with E-state index < -0.39 is 0 Å². The van der Waals surface area contributed by atoms with E-state index in [2.05, 4.69) is 104 Å². The molecule has 6 aromatic rings. The molecule has 32 heavy (non-hydrogen) atoms. The van der Waals surface area contributed by atoms with Crippen molar-refractivity contribution in [2.45, 2.75) is 6.92 Å². The summed E-state index contributed by atoms with van der Waals surface area (Å²) < 4.78 is 2.67. The Morgan fingerprint density at radius 1 is 0.625 bits per heavy atom. The Kier molecular flexibility index (Phi) is 4.59. The van der Waals surface area contributed by atoms with Gasteiger partial charge in [-0.2, -0.15) is 0 Å². The molecule has 0 spiro atoms. The van der Waals surface area contributed by atoms with Crippen molar-refractivity contribution in [1.82, 2.24) is 4.98 Å². The second kappa shape index (κ2) is 7.74. The second-order valence-corrected chi connectivity index (χ2v) is 9.16. The molecular formula is C30H21NS. The Morgan fingerprint density at radius 2 is 1.34 bits per heavy atom. The van der Waals surface area contributed by atoms with Gasteiger partial charge in [-0.15, -0.1) is 11.3 Å². The smallest absolute Gasteiger partial charge is 0.0702 e. The Hall–Kier alpha value is -3.75. The van der Waals surface area contributed by atoms with Crippen LogP contribution >= 0.6 is 11.3 Å². The van der Waals surface area contributed by atoms with Crippen molar-refractivity contribution < 1.29 is 0 Å². The highest BCUT2D eigenvalue weighted by Gasteiger charge is 2.14. The van der Waals surface area contributed by atoms with E-state index in [1.165, 1.54) is 42.4 Å². The third-order valence-corrected chi connectivity index (χ3v) is 7.28. The van der Waals surface area contributed by atoms with Gasteiger partial charge in [-0.25, -0.2) is 0 Å². The maximum absolute atomic E-state index is 4.79. The molecule has 6 rings (SSSR count). The van der Waals surface area contributed by atoms with Crippen LogP contribution in [0.2, 0.25) is 0 Å². The average molecular weight is 428 g/mol. The maximum atomic E-state index is 4.79. The van der Waals surface area contributed by atoms with Gasteiger partial charge in [0.05, 0.1) is 5.69 Å². The molecule has 0 atom stereocenters. The predicted molar refractivity (Wildman–Crippen MR) is 138 cm³/mol. The highest BCUT2D eigenvalue weighted by molar-refractivity contribution is 7.26. The van der Waals surface area contributed by atoms with E-state index >= 15 is 0 Å². The van der Waals surface area contributed by atoms with E-state index in [0.29, 0.717) is 0 Å². The van der Waals surface area contributed by atoms with E-state index in [4.69, 9.17) is 4.98 Å². The third kappa shape index (κ3) is 3.21. The van der Waals surface area contributed by atoms with E-state index in [1.54, 1.807) is 0 Å². The lowest BCUT2D eigenvalue weighted by Gasteiger charge is -2.07. The number of fused-ring (bicyclic) bond motifs is 3. The van der Waals surface area contributed by atoms with Crippen molar-refractivity contribution in [1.29, 1.82) is 0 Å². The van der Waals surface area contributed by atoms with Crippen LogP contribution in [0.1, 0.15) is 5.56 Å². The van der Waals surface area contributed by atoms with Crippen molar-refractivity contribution in [3.8, 4) is 33.5 Å². The molecule has 152 valence electrons. The van der Waals surface area contributed by atoms with Crippen LogP contribution in [-0.2, 0) is 0 Å². The molecule has 0 N–H and O–H groups in total. The number of thiophene rings is 1. The fraction of sp³-hybridized carbons (Fsp3) is 0.0333. The summed E-state index contributed by atoms with van der Waals surface area (Å²) in [6.07, 6.45) is 1.97. The normalized spacial score (nSPS) is 11.3. The van der Waals surface area contributed by atoms with Crippen LogP contribution in [0, 0.1) is 6.92 Å². The van der Waals surface area contributed by atoms with Crippen LogP contribution in [-0.4, -0.2) is 4.98 Å². The monoisotopic (exact) mass is 427 g/mol. The molecule has 0 amide bonds. The summed E-state index contributed by atoms with van der Waals surface area (Å²) in [4.78, 5) is 4.79. The summed E-state index contributed by atoms with van der Waals surface area (Å²) in [6, 6.07) is 36.6. The summed E-state index contributed by atoms with van der Waals surface area (Å²) in [5.41, 5.74) is 8.37. The molecule has 4 aromatic carbocycles. The highest BCUT2D eigenvalue weighted by atomic mass is 32.1. The minimum Gasteiger partial charge on any atom is -0.256 e. The Balaban J connectivity index is 1.48. The molecule has 1 nitrogen and oxygen atoms in total. The minimum absolute atomic E-state index is 1.00. The lowest BCUT2D eigenvalue weighted by molar-refractivity contribution is 1.33. The predicted octanol–water partition coefficient (Wildman–Crippen LogP) is 8.76. The molecule has 0 aliphatic rings. The maximum Gasteiger partial charge on any atom is 0.0702 e. The molecule has 0 fully saturated rings. The standard InChI is InChI=1S/C30H21NS/c1-20-12-15-25(22-10-6-3-7-11-22)30-29(20)26-18-23(14-17-28(26)32-30)27-16-13-24(19-31-27)21-8-4-2-5-9-21/h2-19H,1H3. The van der Waals surface area contributed by atoms with Gasteiger partial charge in [-0.1, -0.05) is 84.9 Å². The first-order chi connectivity index (χ1) is 15.8. The number of hydrogen-bond donors (Lipinski definition) is 0. The van der Waals surface area contributed by atoms with Crippen LogP contribution in [0.15, 0.2) is 109 Å². The van der Waals surface area contributed by atoms with Gasteiger partial charge in [0.2, 0.25) is 0 Å². The van der Waals surface area contributed by atoms with Crippen molar-refractivity contribution >= 4 is 31.5 Å². The number of benzene rings is 4. The van der Waals surface area contributed by atoms with Gasteiger partial charge in [0.25, 0.3) is 0 Å². The van der Waals surface area contributed by atoms with E-state index in [9.17, 15) is 0 Å². The van der Waals surface area contributed by atoms with E-state index in [1.807, 2.05) is 23.6 Å². The number of hydrogen-bond acceptors (Lipinski definition) is 2. The summed E-state index contributed by atoms with van der Waals surface area (Å²) in [5.74, 6) is 0. The van der Waals surface area contributed by atoms with Gasteiger partial charge in [0.1, 0.15) is 0 Å². The lowest BCUT2D eigenvalue weighted by atomic mass is 9.98. The topological polar surface area (TPSA) is 12.9 Å². The summed E-state index contributed by atoms with van der Waals surface area (Å²) >= 11 is 1.88. The first kappa shape index (κ1) is 19.0. The zero-order valence-corrected chi connectivity index (χ0v) is 18.6. The first-order valence-electron chi connectivity index (χ1n) is 10.8. The molecule has 0 saturated heterocycles. The van der Waals surface area contributed by atoms with Crippen molar-refractivity contribution in [2.75, 3.05) is 0 Å². The quantitative estimate of drug-likeness (QED) is 0.275. The average Bonchev–Trinajstić information content (AvgIpc) is 3.25. The van der Waals surface area contributed by atoms with Crippen LogP contribution in [0.5, 0.6) is 0 Å². The number of pyridine rings is 1. The highest BCUT2D eigenvalue weighted by Crippen LogP contribution is 2.42. The molecule has 2 heteroatoms. The second-order valence-electron chi connectivity index (χ2n) is 8.11. The summed E-state index contributed by atoms with van der Waals surface area (Å²) in [5, 5.41) is 2.67. The van der Waals surface area contributed by atoms with Crippen LogP contribution in [0.3, 0.4) is 0 Å². The molecule has 0 bridgehead atoms. The number of nitrogens with zero attached hydrogens (tertiary/aromatic N) is 1. The zero-order valence-electron chi connectivity index (χ0n) is 17.7. The molecule has 2 aromatic heterocycles. The fourth-order valence-corrected chi connectivity index (χ4v) is 5.71. The van der Waals surface area contributed by atoms with Crippen LogP contribution < -0.4 is 0 Å². The Bertz CT molecular complexity index is 1550. The minimum atomic E-state index is 1.00. The van der Waals surface area contributed by atoms with Gasteiger partial charge in [0, 0.05) is 37.5 Å². The Morgan fingerprint density at radius 3 is 2.06 bits per heavy atom. The molecule has 0 unspecified atom stereocenters. The molecular weight excluding hydrogens is 406 g/mol. The summed E-state index contributed by atoms with van der Waals surface area (Å²) in [7, 11) is 0. The summed E-state index contributed by atoms with van der Waals surface area (Å²) in [6.45, 7) is 2.21. The van der Waals surface area contributed by atoms with Crippen molar-refractivity contribution in [3.05, 3.63) is 115 Å². The van der Waals surface area contributed by atoms with E-state index in [-0.39, 0.29) is 0 Å². The van der Waals surface area contributed by atoms with Crippen molar-refractivity contribution in [2.24, 2.45) is 0 Å².